The lowest BCUT2D eigenvalue weighted by atomic mass is 9.94. The zero-order chi connectivity index (χ0) is 20.8. The monoisotopic (exact) mass is 428 g/mol. The van der Waals surface area contributed by atoms with Crippen molar-refractivity contribution in [2.45, 2.75) is 37.3 Å². The molecule has 2 N–H and O–H groups in total. The van der Waals surface area contributed by atoms with Crippen molar-refractivity contribution < 1.29 is 9.90 Å². The molecule has 0 saturated heterocycles. The summed E-state index contributed by atoms with van der Waals surface area (Å²) in [7, 11) is 0. The van der Waals surface area contributed by atoms with Gasteiger partial charge in [0.1, 0.15) is 5.03 Å². The van der Waals surface area contributed by atoms with E-state index in [1.165, 1.54) is 17.3 Å². The van der Waals surface area contributed by atoms with Crippen molar-refractivity contribution in [1.82, 2.24) is 20.2 Å². The highest BCUT2D eigenvalue weighted by Crippen LogP contribution is 2.37. The summed E-state index contributed by atoms with van der Waals surface area (Å²) in [4.78, 5) is 22.6. The molecule has 0 saturated carbocycles. The lowest BCUT2D eigenvalue weighted by molar-refractivity contribution is -0.133. The van der Waals surface area contributed by atoms with E-state index < -0.39 is 12.0 Å². The molecule has 0 bridgehead atoms. The van der Waals surface area contributed by atoms with Gasteiger partial charge in [0.25, 0.3) is 0 Å². The molecule has 1 atom stereocenters. The Morgan fingerprint density at radius 3 is 2.72 bits per heavy atom. The summed E-state index contributed by atoms with van der Waals surface area (Å²) in [6.07, 6.45) is 10.1. The maximum Gasteiger partial charge on any atom is 0.335 e. The summed E-state index contributed by atoms with van der Waals surface area (Å²) in [5, 5.41) is 14.4. The van der Waals surface area contributed by atoms with Gasteiger partial charge in [0.15, 0.2) is 5.11 Å². The molecule has 1 unspecified atom stereocenters. The molecule has 0 aliphatic carbocycles. The van der Waals surface area contributed by atoms with Gasteiger partial charge in [0, 0.05) is 36.4 Å². The number of allylic oxidation sites excluding steroid dienone is 1. The summed E-state index contributed by atoms with van der Waals surface area (Å²) in [5.74, 6) is -0.944. The average molecular weight is 429 g/mol. The maximum atomic E-state index is 12.1. The molecule has 29 heavy (non-hydrogen) atoms. The predicted octanol–water partition coefficient (Wildman–Crippen LogP) is 3.81. The minimum absolute atomic E-state index is 0.316. The van der Waals surface area contributed by atoms with Gasteiger partial charge in [-0.15, -0.1) is 11.8 Å². The van der Waals surface area contributed by atoms with E-state index in [9.17, 15) is 9.90 Å². The lowest BCUT2D eigenvalue weighted by Crippen LogP contribution is -2.48. The van der Waals surface area contributed by atoms with E-state index in [-0.39, 0.29) is 0 Å². The molecule has 152 valence electrons. The fourth-order valence-corrected chi connectivity index (χ4v) is 4.48. The van der Waals surface area contributed by atoms with E-state index in [1.54, 1.807) is 25.5 Å². The van der Waals surface area contributed by atoms with Crippen LogP contribution in [0.1, 0.15) is 36.9 Å². The number of carboxylic acid groups (broad SMARTS) is 1. The van der Waals surface area contributed by atoms with Crippen LogP contribution in [-0.2, 0) is 11.2 Å². The molecule has 0 aromatic carbocycles. The van der Waals surface area contributed by atoms with Crippen molar-refractivity contribution in [3.8, 4) is 0 Å². The van der Waals surface area contributed by atoms with Gasteiger partial charge in [-0.25, -0.2) is 9.78 Å². The van der Waals surface area contributed by atoms with Gasteiger partial charge in [-0.3, -0.25) is 4.98 Å². The van der Waals surface area contributed by atoms with Crippen LogP contribution in [0.4, 0.5) is 0 Å². The van der Waals surface area contributed by atoms with Gasteiger partial charge in [-0.1, -0.05) is 6.07 Å². The number of hydrogen-bond acceptors (Lipinski definition) is 5. The number of aryl methyl sites for hydroxylation is 1. The Hall–Kier alpha value is -2.45. The molecule has 0 fully saturated rings. The molecule has 3 rings (SSSR count). The number of carboxylic acids is 1. The van der Waals surface area contributed by atoms with Gasteiger partial charge in [-0.05, 0) is 68.4 Å². The molecule has 6 nitrogen and oxygen atoms in total. The Labute approximate surface area is 180 Å². The summed E-state index contributed by atoms with van der Waals surface area (Å²) in [6.45, 7) is 2.42. The number of aliphatic carboxylic acids is 1. The molecular weight excluding hydrogens is 404 g/mol. The molecular formula is C21H24N4O2S2. The number of hydrogen-bond donors (Lipinski definition) is 2. The summed E-state index contributed by atoms with van der Waals surface area (Å²) < 4.78 is 0. The third-order valence-corrected chi connectivity index (χ3v) is 5.99. The third-order valence-electron chi connectivity index (χ3n) is 4.93. The first-order chi connectivity index (χ1) is 14.0. The molecule has 0 amide bonds. The van der Waals surface area contributed by atoms with Crippen LogP contribution < -0.4 is 5.32 Å². The second-order valence-corrected chi connectivity index (χ2v) is 7.97. The number of nitrogens with zero attached hydrogens (tertiary/aromatic N) is 3. The number of pyridine rings is 2. The number of thioether (sulfide) groups is 1. The fourth-order valence-electron chi connectivity index (χ4n) is 3.55. The van der Waals surface area contributed by atoms with E-state index >= 15 is 0 Å². The standard InChI is InChI=1S/C21H24N4O2S2/c1-14-17(20(26)27)18(16-7-5-10-23-19(16)29-2)25(21(28)24-14)13-4-3-6-15-8-11-22-12-9-15/h5,7-12,18H,3-4,6,13H2,1-2H3,(H,24,28)(H,26,27). The molecule has 0 radical (unpaired) electrons. The lowest BCUT2D eigenvalue weighted by Gasteiger charge is -2.39. The van der Waals surface area contributed by atoms with E-state index in [1.807, 2.05) is 35.4 Å². The van der Waals surface area contributed by atoms with Crippen molar-refractivity contribution in [3.63, 3.8) is 0 Å². The highest BCUT2D eigenvalue weighted by molar-refractivity contribution is 7.98. The van der Waals surface area contributed by atoms with Crippen LogP contribution in [0.5, 0.6) is 0 Å². The topological polar surface area (TPSA) is 78.3 Å². The first kappa shape index (κ1) is 21.3. The summed E-state index contributed by atoms with van der Waals surface area (Å²) in [5.41, 5.74) is 3.01. The van der Waals surface area contributed by atoms with Gasteiger partial charge in [-0.2, -0.15) is 0 Å². The summed E-state index contributed by atoms with van der Waals surface area (Å²) >= 11 is 7.11. The third kappa shape index (κ3) is 4.94. The van der Waals surface area contributed by atoms with Crippen LogP contribution in [0.15, 0.2) is 59.2 Å². The van der Waals surface area contributed by atoms with E-state index in [4.69, 9.17) is 12.2 Å². The zero-order valence-electron chi connectivity index (χ0n) is 16.5. The quantitative estimate of drug-likeness (QED) is 0.373. The largest absolute Gasteiger partial charge is 0.478 e. The first-order valence-electron chi connectivity index (χ1n) is 9.42. The smallest absolute Gasteiger partial charge is 0.335 e. The number of nitrogens with one attached hydrogen (secondary N) is 1. The Morgan fingerprint density at radius 1 is 1.28 bits per heavy atom. The van der Waals surface area contributed by atoms with Crippen molar-refractivity contribution in [1.29, 1.82) is 0 Å². The van der Waals surface area contributed by atoms with Crippen LogP contribution >= 0.6 is 24.0 Å². The Balaban J connectivity index is 1.84. The molecule has 2 aromatic heterocycles. The van der Waals surface area contributed by atoms with Crippen molar-refractivity contribution in [2.24, 2.45) is 0 Å². The highest BCUT2D eigenvalue weighted by Gasteiger charge is 2.37. The highest BCUT2D eigenvalue weighted by atomic mass is 32.2. The second kappa shape index (κ2) is 9.84. The molecule has 0 spiro atoms. The van der Waals surface area contributed by atoms with Gasteiger partial charge in [0.05, 0.1) is 11.6 Å². The minimum atomic E-state index is -0.944. The molecule has 8 heteroatoms. The van der Waals surface area contributed by atoms with Crippen molar-refractivity contribution in [2.75, 3.05) is 12.8 Å². The molecule has 1 aliphatic rings. The van der Waals surface area contributed by atoms with E-state index in [2.05, 4.69) is 15.3 Å². The van der Waals surface area contributed by atoms with Crippen LogP contribution in [0.3, 0.4) is 0 Å². The van der Waals surface area contributed by atoms with Gasteiger partial charge < -0.3 is 15.3 Å². The number of rotatable bonds is 8. The first-order valence-corrected chi connectivity index (χ1v) is 11.1. The predicted molar refractivity (Wildman–Crippen MR) is 119 cm³/mol. The van der Waals surface area contributed by atoms with Crippen LogP contribution in [0, 0.1) is 0 Å². The number of unbranched alkanes of at least 4 members (excludes halogenated alkanes) is 1. The number of carbonyl (C=O) groups is 1. The van der Waals surface area contributed by atoms with Gasteiger partial charge in [0.2, 0.25) is 0 Å². The Morgan fingerprint density at radius 2 is 2.03 bits per heavy atom. The van der Waals surface area contributed by atoms with E-state index in [0.717, 1.165) is 29.9 Å². The van der Waals surface area contributed by atoms with Crippen LogP contribution in [0.25, 0.3) is 0 Å². The van der Waals surface area contributed by atoms with Crippen molar-refractivity contribution in [3.05, 3.63) is 65.3 Å². The van der Waals surface area contributed by atoms with Crippen LogP contribution in [-0.4, -0.2) is 43.9 Å². The fraction of sp³-hybridized carbons (Fsp3) is 0.333. The number of aromatic nitrogens is 2. The van der Waals surface area contributed by atoms with Gasteiger partial charge >= 0.3 is 5.97 Å². The average Bonchev–Trinajstić information content (AvgIpc) is 2.72. The minimum Gasteiger partial charge on any atom is -0.478 e. The second-order valence-electron chi connectivity index (χ2n) is 6.78. The van der Waals surface area contributed by atoms with Crippen LogP contribution in [0.2, 0.25) is 0 Å². The molecule has 3 heterocycles. The molecule has 2 aromatic rings. The SMILES string of the molecule is CSc1ncccc1C1C(C(=O)O)=C(C)NC(=S)N1CCCCc1ccncc1. The van der Waals surface area contributed by atoms with E-state index in [0.29, 0.717) is 22.9 Å². The Kier molecular flexibility index (Phi) is 7.22. The zero-order valence-corrected chi connectivity index (χ0v) is 18.1. The normalized spacial score (nSPS) is 16.7. The van der Waals surface area contributed by atoms with Crippen molar-refractivity contribution >= 4 is 35.1 Å². The Bertz CT molecular complexity index is 918. The maximum absolute atomic E-state index is 12.1. The molecule has 1 aliphatic heterocycles. The summed E-state index contributed by atoms with van der Waals surface area (Å²) in [6, 6.07) is 7.36. The number of thiocarbonyl (C=S) groups is 1.